The van der Waals surface area contributed by atoms with E-state index in [1.165, 1.54) is 0 Å². The lowest BCUT2D eigenvalue weighted by Crippen LogP contribution is -2.33. The van der Waals surface area contributed by atoms with E-state index in [9.17, 15) is 4.79 Å². The number of para-hydroxylation sites is 1. The normalized spacial score (nSPS) is 17.3. The zero-order valence-corrected chi connectivity index (χ0v) is 12.1. The quantitative estimate of drug-likeness (QED) is 0.914. The van der Waals surface area contributed by atoms with Gasteiger partial charge in [-0.3, -0.25) is 9.69 Å². The summed E-state index contributed by atoms with van der Waals surface area (Å²) in [6.45, 7) is 2.91. The van der Waals surface area contributed by atoms with Crippen LogP contribution in [0.3, 0.4) is 0 Å². The zero-order chi connectivity index (χ0) is 14.7. The first kappa shape index (κ1) is 14.1. The Bertz CT molecular complexity index is 578. The van der Waals surface area contributed by atoms with Crippen LogP contribution in [0.1, 0.15) is 31.4 Å². The zero-order valence-electron chi connectivity index (χ0n) is 12.1. The van der Waals surface area contributed by atoms with E-state index in [2.05, 4.69) is 17.0 Å². The second kappa shape index (κ2) is 6.31. The van der Waals surface area contributed by atoms with E-state index in [4.69, 9.17) is 9.52 Å². The minimum Gasteiger partial charge on any atom is -0.481 e. The SMILES string of the molecule is O=C(O)CCC1CCN(Cc2cc3ccccc3o2)CC1. The van der Waals surface area contributed by atoms with Gasteiger partial charge in [-0.25, -0.2) is 0 Å². The Hall–Kier alpha value is -1.81. The molecule has 2 aromatic rings. The molecule has 2 heterocycles. The van der Waals surface area contributed by atoms with Crippen molar-refractivity contribution < 1.29 is 14.3 Å². The molecule has 0 bridgehead atoms. The number of furan rings is 1. The highest BCUT2D eigenvalue weighted by Gasteiger charge is 2.20. The van der Waals surface area contributed by atoms with Crippen LogP contribution in [0.25, 0.3) is 11.0 Å². The summed E-state index contributed by atoms with van der Waals surface area (Å²) in [5.74, 6) is 0.896. The van der Waals surface area contributed by atoms with E-state index in [0.717, 1.165) is 55.6 Å². The average molecular weight is 287 g/mol. The van der Waals surface area contributed by atoms with Crippen LogP contribution in [0.2, 0.25) is 0 Å². The molecule has 21 heavy (non-hydrogen) atoms. The number of fused-ring (bicyclic) bond motifs is 1. The molecular weight excluding hydrogens is 266 g/mol. The molecule has 112 valence electrons. The summed E-state index contributed by atoms with van der Waals surface area (Å²) < 4.78 is 5.86. The third-order valence-corrected chi connectivity index (χ3v) is 4.33. The molecule has 1 aromatic carbocycles. The van der Waals surface area contributed by atoms with Crippen LogP contribution < -0.4 is 0 Å². The highest BCUT2D eigenvalue weighted by molar-refractivity contribution is 5.77. The van der Waals surface area contributed by atoms with Crippen molar-refractivity contribution in [2.24, 2.45) is 5.92 Å². The van der Waals surface area contributed by atoms with Gasteiger partial charge in [-0.05, 0) is 50.4 Å². The Kier molecular flexibility index (Phi) is 4.25. The van der Waals surface area contributed by atoms with Crippen molar-refractivity contribution in [2.45, 2.75) is 32.2 Å². The monoisotopic (exact) mass is 287 g/mol. The molecule has 4 heteroatoms. The van der Waals surface area contributed by atoms with Crippen LogP contribution in [0.15, 0.2) is 34.7 Å². The molecule has 0 saturated carbocycles. The van der Waals surface area contributed by atoms with Crippen LogP contribution in [0.4, 0.5) is 0 Å². The second-order valence-corrected chi connectivity index (χ2v) is 5.90. The van der Waals surface area contributed by atoms with Gasteiger partial charge < -0.3 is 9.52 Å². The number of carboxylic acid groups (broad SMARTS) is 1. The Labute approximate surface area is 124 Å². The summed E-state index contributed by atoms with van der Waals surface area (Å²) >= 11 is 0. The molecule has 0 amide bonds. The van der Waals surface area contributed by atoms with Gasteiger partial charge in [0.25, 0.3) is 0 Å². The predicted molar refractivity (Wildman–Crippen MR) is 81.1 cm³/mol. The summed E-state index contributed by atoms with van der Waals surface area (Å²) in [4.78, 5) is 13.0. The van der Waals surface area contributed by atoms with Gasteiger partial charge in [0, 0.05) is 11.8 Å². The third-order valence-electron chi connectivity index (χ3n) is 4.33. The minimum absolute atomic E-state index is 0.300. The molecular formula is C17H21NO3. The van der Waals surface area contributed by atoms with E-state index < -0.39 is 5.97 Å². The Morgan fingerprint density at radius 2 is 2.05 bits per heavy atom. The summed E-state index contributed by atoms with van der Waals surface area (Å²) in [7, 11) is 0. The Morgan fingerprint density at radius 3 is 2.76 bits per heavy atom. The van der Waals surface area contributed by atoms with Crippen LogP contribution in [-0.4, -0.2) is 29.1 Å². The smallest absolute Gasteiger partial charge is 0.303 e. The van der Waals surface area contributed by atoms with Gasteiger partial charge in [-0.15, -0.1) is 0 Å². The van der Waals surface area contributed by atoms with Crippen LogP contribution >= 0.6 is 0 Å². The van der Waals surface area contributed by atoms with Gasteiger partial charge in [0.05, 0.1) is 6.54 Å². The topological polar surface area (TPSA) is 53.7 Å². The van der Waals surface area contributed by atoms with Gasteiger partial charge in [-0.1, -0.05) is 18.2 Å². The maximum absolute atomic E-state index is 10.6. The molecule has 0 spiro atoms. The fourth-order valence-corrected chi connectivity index (χ4v) is 3.10. The first-order valence-electron chi connectivity index (χ1n) is 7.62. The largest absolute Gasteiger partial charge is 0.481 e. The molecule has 3 rings (SSSR count). The number of benzene rings is 1. The van der Waals surface area contributed by atoms with Crippen LogP contribution in [-0.2, 0) is 11.3 Å². The Balaban J connectivity index is 1.52. The van der Waals surface area contributed by atoms with Crippen molar-refractivity contribution in [1.82, 2.24) is 4.90 Å². The predicted octanol–water partition coefficient (Wildman–Crippen LogP) is 3.51. The van der Waals surface area contributed by atoms with E-state index in [0.29, 0.717) is 12.3 Å². The van der Waals surface area contributed by atoms with Crippen molar-refractivity contribution in [2.75, 3.05) is 13.1 Å². The maximum atomic E-state index is 10.6. The molecule has 1 saturated heterocycles. The molecule has 1 aliphatic rings. The van der Waals surface area contributed by atoms with Crippen molar-refractivity contribution >= 4 is 16.9 Å². The molecule has 0 unspecified atom stereocenters. The maximum Gasteiger partial charge on any atom is 0.303 e. The fourth-order valence-electron chi connectivity index (χ4n) is 3.10. The van der Waals surface area contributed by atoms with Crippen molar-refractivity contribution in [1.29, 1.82) is 0 Å². The first-order valence-corrected chi connectivity index (χ1v) is 7.62. The average Bonchev–Trinajstić information content (AvgIpc) is 2.88. The lowest BCUT2D eigenvalue weighted by atomic mass is 9.92. The number of hydrogen-bond donors (Lipinski definition) is 1. The fraction of sp³-hybridized carbons (Fsp3) is 0.471. The first-order chi connectivity index (χ1) is 10.2. The number of likely N-dealkylation sites (tertiary alicyclic amines) is 1. The van der Waals surface area contributed by atoms with Crippen LogP contribution in [0, 0.1) is 5.92 Å². The number of hydrogen-bond acceptors (Lipinski definition) is 3. The summed E-state index contributed by atoms with van der Waals surface area (Å²) in [5.41, 5.74) is 0.948. The number of piperidine rings is 1. The molecule has 1 fully saturated rings. The number of nitrogens with zero attached hydrogens (tertiary/aromatic N) is 1. The lowest BCUT2D eigenvalue weighted by molar-refractivity contribution is -0.137. The molecule has 1 N–H and O–H groups in total. The van der Waals surface area contributed by atoms with E-state index in [1.54, 1.807) is 0 Å². The van der Waals surface area contributed by atoms with Crippen molar-refractivity contribution in [3.8, 4) is 0 Å². The highest BCUT2D eigenvalue weighted by atomic mass is 16.4. The molecule has 0 radical (unpaired) electrons. The summed E-state index contributed by atoms with van der Waals surface area (Å²) in [5, 5.41) is 9.89. The van der Waals surface area contributed by atoms with Crippen molar-refractivity contribution in [3.05, 3.63) is 36.1 Å². The number of rotatable bonds is 5. The van der Waals surface area contributed by atoms with Crippen molar-refractivity contribution in [3.63, 3.8) is 0 Å². The standard InChI is InChI=1S/C17H21NO3/c19-17(20)6-5-13-7-9-18(10-8-13)12-15-11-14-3-1-2-4-16(14)21-15/h1-4,11,13H,5-10,12H2,(H,19,20). The van der Waals surface area contributed by atoms with E-state index in [-0.39, 0.29) is 0 Å². The van der Waals surface area contributed by atoms with Gasteiger partial charge >= 0.3 is 5.97 Å². The van der Waals surface area contributed by atoms with Gasteiger partial charge in [0.1, 0.15) is 11.3 Å². The Morgan fingerprint density at radius 1 is 1.29 bits per heavy atom. The molecule has 0 atom stereocenters. The number of carbonyl (C=O) groups is 1. The highest BCUT2D eigenvalue weighted by Crippen LogP contribution is 2.25. The van der Waals surface area contributed by atoms with E-state index >= 15 is 0 Å². The molecule has 1 aliphatic heterocycles. The summed E-state index contributed by atoms with van der Waals surface area (Å²) in [6, 6.07) is 10.2. The minimum atomic E-state index is -0.681. The third kappa shape index (κ3) is 3.64. The summed E-state index contributed by atoms with van der Waals surface area (Å²) in [6.07, 6.45) is 3.29. The molecule has 1 aromatic heterocycles. The van der Waals surface area contributed by atoms with Gasteiger partial charge in [0.2, 0.25) is 0 Å². The molecule has 4 nitrogen and oxygen atoms in total. The number of aliphatic carboxylic acids is 1. The second-order valence-electron chi connectivity index (χ2n) is 5.90. The van der Waals surface area contributed by atoms with E-state index in [1.807, 2.05) is 18.2 Å². The lowest BCUT2D eigenvalue weighted by Gasteiger charge is -2.31. The molecule has 0 aliphatic carbocycles. The van der Waals surface area contributed by atoms with Gasteiger partial charge in [-0.2, -0.15) is 0 Å². The van der Waals surface area contributed by atoms with Gasteiger partial charge in [0.15, 0.2) is 0 Å². The number of carboxylic acids is 1. The van der Waals surface area contributed by atoms with Crippen LogP contribution in [0.5, 0.6) is 0 Å².